The molecule has 2 aliphatic rings. The quantitative estimate of drug-likeness (QED) is 0.723. The van der Waals surface area contributed by atoms with Crippen molar-refractivity contribution in [1.29, 1.82) is 0 Å². The van der Waals surface area contributed by atoms with Crippen LogP contribution in [0.4, 0.5) is 0 Å². The van der Waals surface area contributed by atoms with Crippen LogP contribution in [0.2, 0.25) is 0 Å². The molecule has 1 aliphatic carbocycles. The predicted octanol–water partition coefficient (Wildman–Crippen LogP) is 5.02. The summed E-state index contributed by atoms with van der Waals surface area (Å²) in [5.41, 5.74) is 4.03. The molecule has 21 heavy (non-hydrogen) atoms. The Labute approximate surface area is 130 Å². The number of ether oxygens (including phenoxy) is 1. The molecule has 2 unspecified atom stereocenters. The summed E-state index contributed by atoms with van der Waals surface area (Å²) >= 11 is 6.89. The monoisotopic (exact) mass is 298 g/mol. The van der Waals surface area contributed by atoms with Gasteiger partial charge in [0.05, 0.1) is 5.38 Å². The van der Waals surface area contributed by atoms with Crippen molar-refractivity contribution in [3.8, 4) is 5.75 Å². The van der Waals surface area contributed by atoms with Crippen molar-refractivity contribution in [3.05, 3.63) is 65.2 Å². The van der Waals surface area contributed by atoms with E-state index in [1.54, 1.807) is 0 Å². The molecule has 108 valence electrons. The highest BCUT2D eigenvalue weighted by Crippen LogP contribution is 2.59. The van der Waals surface area contributed by atoms with Crippen LogP contribution in [-0.2, 0) is 11.8 Å². The fourth-order valence-corrected chi connectivity index (χ4v) is 3.99. The van der Waals surface area contributed by atoms with Gasteiger partial charge < -0.3 is 4.74 Å². The number of halogens is 1. The molecule has 0 radical (unpaired) electrons. The molecule has 2 aromatic carbocycles. The summed E-state index contributed by atoms with van der Waals surface area (Å²) in [5, 5.41) is 0.0427. The van der Waals surface area contributed by atoms with Gasteiger partial charge >= 0.3 is 0 Å². The van der Waals surface area contributed by atoms with E-state index >= 15 is 0 Å². The maximum absolute atomic E-state index is 6.89. The fraction of sp³-hybridized carbons (Fsp3) is 0.368. The molecule has 1 nitrogen and oxygen atoms in total. The largest absolute Gasteiger partial charge is 0.490 e. The second-order valence-electron chi connectivity index (χ2n) is 6.38. The highest BCUT2D eigenvalue weighted by atomic mass is 35.5. The molecule has 2 heteroatoms. The van der Waals surface area contributed by atoms with Gasteiger partial charge in [0, 0.05) is 11.8 Å². The van der Waals surface area contributed by atoms with E-state index in [1.807, 2.05) is 0 Å². The van der Waals surface area contributed by atoms with Gasteiger partial charge in [-0.1, -0.05) is 42.5 Å². The van der Waals surface area contributed by atoms with Crippen LogP contribution < -0.4 is 4.74 Å². The van der Waals surface area contributed by atoms with Gasteiger partial charge in [-0.25, -0.2) is 0 Å². The number of hydrogen-bond acceptors (Lipinski definition) is 1. The molecule has 0 amide bonds. The fourth-order valence-electron chi connectivity index (χ4n) is 3.51. The molecule has 4 rings (SSSR count). The molecule has 0 N–H and O–H groups in total. The van der Waals surface area contributed by atoms with Crippen LogP contribution in [0.1, 0.15) is 41.8 Å². The van der Waals surface area contributed by atoms with E-state index in [2.05, 4.69) is 55.5 Å². The third kappa shape index (κ3) is 2.15. The molecule has 0 aromatic heterocycles. The second kappa shape index (κ2) is 4.78. The van der Waals surface area contributed by atoms with Gasteiger partial charge in [-0.3, -0.25) is 0 Å². The molecule has 0 saturated heterocycles. The zero-order valence-electron chi connectivity index (χ0n) is 12.2. The first kappa shape index (κ1) is 13.2. The average molecular weight is 299 g/mol. The molecular formula is C19H19ClO. The van der Waals surface area contributed by atoms with Crippen molar-refractivity contribution in [2.24, 2.45) is 0 Å². The number of hydrogen-bond donors (Lipinski definition) is 0. The maximum atomic E-state index is 6.89. The van der Waals surface area contributed by atoms with Crippen molar-refractivity contribution in [3.63, 3.8) is 0 Å². The van der Waals surface area contributed by atoms with Crippen LogP contribution in [0.5, 0.6) is 5.75 Å². The first-order chi connectivity index (χ1) is 10.2. The maximum Gasteiger partial charge on any atom is 0.123 e. The van der Waals surface area contributed by atoms with Crippen LogP contribution in [-0.4, -0.2) is 6.10 Å². The summed E-state index contributed by atoms with van der Waals surface area (Å²) in [7, 11) is 0. The Morgan fingerprint density at radius 2 is 1.90 bits per heavy atom. The zero-order valence-corrected chi connectivity index (χ0v) is 12.9. The number of alkyl halides is 1. The highest BCUT2D eigenvalue weighted by Gasteiger charge is 2.50. The minimum absolute atomic E-state index is 0.0427. The normalized spacial score (nSPS) is 23.2. The lowest BCUT2D eigenvalue weighted by molar-refractivity contribution is 0.254. The lowest BCUT2D eigenvalue weighted by Gasteiger charge is -2.23. The van der Waals surface area contributed by atoms with Gasteiger partial charge in [0.25, 0.3) is 0 Å². The van der Waals surface area contributed by atoms with E-state index in [0.29, 0.717) is 0 Å². The molecule has 1 heterocycles. The van der Waals surface area contributed by atoms with Crippen molar-refractivity contribution < 1.29 is 4.74 Å². The Bertz CT molecular complexity index is 661. The molecule has 0 spiro atoms. The minimum Gasteiger partial charge on any atom is -0.490 e. The van der Waals surface area contributed by atoms with Gasteiger partial charge in [-0.15, -0.1) is 11.6 Å². The van der Waals surface area contributed by atoms with E-state index in [9.17, 15) is 0 Å². The summed E-state index contributed by atoms with van der Waals surface area (Å²) in [6, 6.07) is 17.2. The van der Waals surface area contributed by atoms with E-state index in [4.69, 9.17) is 16.3 Å². The van der Waals surface area contributed by atoms with Crippen LogP contribution in [0, 0.1) is 0 Å². The molecule has 2 aromatic rings. The van der Waals surface area contributed by atoms with Crippen molar-refractivity contribution >= 4 is 11.6 Å². The van der Waals surface area contributed by atoms with E-state index in [1.165, 1.54) is 29.5 Å². The Hall–Kier alpha value is -1.47. The van der Waals surface area contributed by atoms with Crippen molar-refractivity contribution in [1.82, 2.24) is 0 Å². The summed E-state index contributed by atoms with van der Waals surface area (Å²) in [6.07, 6.45) is 3.63. The summed E-state index contributed by atoms with van der Waals surface area (Å²) in [5.74, 6) is 1.03. The summed E-state index contributed by atoms with van der Waals surface area (Å²) in [6.45, 7) is 2.12. The van der Waals surface area contributed by atoms with Gasteiger partial charge in [0.1, 0.15) is 11.9 Å². The predicted molar refractivity (Wildman–Crippen MR) is 86.2 cm³/mol. The molecular weight excluding hydrogens is 280 g/mol. The van der Waals surface area contributed by atoms with Crippen LogP contribution in [0.15, 0.2) is 48.5 Å². The topological polar surface area (TPSA) is 9.23 Å². The molecule has 2 atom stereocenters. The van der Waals surface area contributed by atoms with Gasteiger partial charge in [0.15, 0.2) is 0 Å². The zero-order chi connectivity index (χ0) is 14.4. The Kier molecular flexibility index (Phi) is 3.00. The summed E-state index contributed by atoms with van der Waals surface area (Å²) < 4.78 is 5.78. The van der Waals surface area contributed by atoms with Gasteiger partial charge in [0.2, 0.25) is 0 Å². The van der Waals surface area contributed by atoms with Crippen LogP contribution >= 0.6 is 11.6 Å². The van der Waals surface area contributed by atoms with Gasteiger partial charge in [-0.05, 0) is 42.5 Å². The number of rotatable bonds is 3. The van der Waals surface area contributed by atoms with Gasteiger partial charge in [-0.2, -0.15) is 0 Å². The van der Waals surface area contributed by atoms with Crippen molar-refractivity contribution in [2.75, 3.05) is 0 Å². The van der Waals surface area contributed by atoms with E-state index < -0.39 is 0 Å². The standard InChI is InChI=1S/C19H19ClO/c1-13-11-15-12-14(7-8-17(15)21-13)18(20)19(9-10-19)16-5-3-2-4-6-16/h2-8,12-13,18H,9-11H2,1H3. The van der Waals surface area contributed by atoms with Crippen LogP contribution in [0.25, 0.3) is 0 Å². The highest BCUT2D eigenvalue weighted by molar-refractivity contribution is 6.22. The molecule has 0 bridgehead atoms. The lowest BCUT2D eigenvalue weighted by Crippen LogP contribution is -2.14. The average Bonchev–Trinajstić information content (AvgIpc) is 3.23. The van der Waals surface area contributed by atoms with Crippen LogP contribution in [0.3, 0.4) is 0 Å². The molecule has 1 fully saturated rings. The Morgan fingerprint density at radius 3 is 2.62 bits per heavy atom. The van der Waals surface area contributed by atoms with Crippen molar-refractivity contribution in [2.45, 2.75) is 43.1 Å². The lowest BCUT2D eigenvalue weighted by atomic mass is 9.87. The first-order valence-electron chi connectivity index (χ1n) is 7.68. The third-order valence-corrected chi connectivity index (χ3v) is 5.50. The van der Waals surface area contributed by atoms with E-state index in [0.717, 1.165) is 12.2 Å². The number of benzene rings is 2. The Balaban J connectivity index is 1.67. The Morgan fingerprint density at radius 1 is 1.14 bits per heavy atom. The van der Waals surface area contributed by atoms with E-state index in [-0.39, 0.29) is 16.9 Å². The second-order valence-corrected chi connectivity index (χ2v) is 6.82. The smallest absolute Gasteiger partial charge is 0.123 e. The number of fused-ring (bicyclic) bond motifs is 1. The SMILES string of the molecule is CC1Cc2cc(C(Cl)C3(c4ccccc4)CC3)ccc2O1. The minimum atomic E-state index is 0.0427. The first-order valence-corrected chi connectivity index (χ1v) is 8.12. The third-order valence-electron chi connectivity index (χ3n) is 4.84. The molecule has 1 saturated carbocycles. The molecule has 1 aliphatic heterocycles. The summed E-state index contributed by atoms with van der Waals surface area (Å²) in [4.78, 5) is 0.